The molecule has 0 saturated heterocycles. The molecule has 0 aliphatic rings. The molecule has 0 rings (SSSR count). The number of hydrogen-bond donors (Lipinski definition) is 0. The van der Waals surface area contributed by atoms with Crippen molar-refractivity contribution in [3.63, 3.8) is 0 Å². The average Bonchev–Trinajstić information content (AvgIpc) is 3.11. The summed E-state index contributed by atoms with van der Waals surface area (Å²) in [6.07, 6.45) is 46.2. The Hall–Kier alpha value is -2.68. The SMILES string of the molecule is C#CC#CC#CC#CC#CC#C[N+](CCCCCCCCCCCC)(CCCCCCCCCCCC)CCCCCCCCCCCC. The van der Waals surface area contributed by atoms with Crippen molar-refractivity contribution in [2.45, 2.75) is 213 Å². The van der Waals surface area contributed by atoms with Gasteiger partial charge in [0, 0.05) is 23.7 Å². The van der Waals surface area contributed by atoms with Crippen LogP contribution in [0.4, 0.5) is 0 Å². The predicted octanol–water partition coefficient (Wildman–Crippen LogP) is 13.2. The van der Waals surface area contributed by atoms with Crippen LogP contribution in [0.1, 0.15) is 213 Å². The first-order valence-corrected chi connectivity index (χ1v) is 21.1. The van der Waals surface area contributed by atoms with E-state index in [-0.39, 0.29) is 0 Å². The monoisotopic (exact) mass is 667 g/mol. The molecule has 0 aliphatic carbocycles. The molecule has 0 heterocycles. The van der Waals surface area contributed by atoms with E-state index in [1.807, 2.05) is 0 Å². The van der Waals surface area contributed by atoms with Gasteiger partial charge in [-0.25, -0.2) is 4.48 Å². The zero-order chi connectivity index (χ0) is 35.6. The van der Waals surface area contributed by atoms with E-state index in [1.165, 1.54) is 193 Å². The van der Waals surface area contributed by atoms with Crippen molar-refractivity contribution in [2.24, 2.45) is 0 Å². The lowest BCUT2D eigenvalue weighted by molar-refractivity contribution is -0.864. The second-order valence-electron chi connectivity index (χ2n) is 14.2. The van der Waals surface area contributed by atoms with Crippen molar-refractivity contribution < 1.29 is 4.48 Å². The van der Waals surface area contributed by atoms with E-state index in [0.29, 0.717) is 0 Å². The number of nitrogens with zero attached hydrogens (tertiary/aromatic N) is 1. The normalized spacial score (nSPS) is 10.2. The average molecular weight is 667 g/mol. The van der Waals surface area contributed by atoms with Crippen molar-refractivity contribution in [2.75, 3.05) is 19.6 Å². The van der Waals surface area contributed by atoms with Crippen molar-refractivity contribution in [3.8, 4) is 71.7 Å². The van der Waals surface area contributed by atoms with Gasteiger partial charge in [-0.3, -0.25) is 0 Å². The molecule has 0 N–H and O–H groups in total. The first-order chi connectivity index (χ1) is 24.2. The van der Waals surface area contributed by atoms with Crippen LogP contribution in [0.25, 0.3) is 0 Å². The van der Waals surface area contributed by atoms with E-state index in [1.54, 1.807) is 0 Å². The van der Waals surface area contributed by atoms with Gasteiger partial charge in [0.2, 0.25) is 0 Å². The Morgan fingerprint density at radius 3 is 0.776 bits per heavy atom. The summed E-state index contributed by atoms with van der Waals surface area (Å²) in [6.45, 7) is 10.4. The number of unbranched alkanes of at least 4 members (excludes halogenated alkanes) is 27. The second-order valence-corrected chi connectivity index (χ2v) is 14.2. The number of rotatable bonds is 33. The van der Waals surface area contributed by atoms with Gasteiger partial charge in [-0.2, -0.15) is 0 Å². The quantitative estimate of drug-likeness (QED) is 0.0371. The van der Waals surface area contributed by atoms with Crippen LogP contribution in [0.5, 0.6) is 0 Å². The van der Waals surface area contributed by atoms with E-state index in [9.17, 15) is 0 Å². The minimum Gasteiger partial charge on any atom is -0.246 e. The van der Waals surface area contributed by atoms with Crippen molar-refractivity contribution in [3.05, 3.63) is 0 Å². The third kappa shape index (κ3) is 35.0. The van der Waals surface area contributed by atoms with Crippen LogP contribution >= 0.6 is 0 Å². The lowest BCUT2D eigenvalue weighted by Gasteiger charge is -2.32. The standard InChI is InChI=1S/C48H76N/c1-5-9-13-17-21-25-29-33-37-41-45-49(46-42-38-34-30-26-22-18-14-10-6-2,47-43-39-35-31-27-23-19-15-11-7-3)48-44-40-36-32-28-24-20-16-12-8-4/h1H,6-8,10-12,14-16,18-20,22-24,26-28,30-32,34-36,38-40,42-44,46-48H2,2-4H3/q+1. The van der Waals surface area contributed by atoms with E-state index in [0.717, 1.165) is 24.1 Å². The van der Waals surface area contributed by atoms with E-state index in [4.69, 9.17) is 6.42 Å². The number of terminal acetylenes is 1. The Bertz CT molecular complexity index is 1030. The summed E-state index contributed by atoms with van der Waals surface area (Å²) in [5, 5.41) is 0. The Morgan fingerprint density at radius 2 is 0.510 bits per heavy atom. The van der Waals surface area contributed by atoms with Gasteiger partial charge in [0.25, 0.3) is 0 Å². The number of quaternary nitrogens is 1. The van der Waals surface area contributed by atoms with Crippen LogP contribution in [-0.4, -0.2) is 24.1 Å². The highest BCUT2D eigenvalue weighted by atomic mass is 15.3. The molecule has 0 amide bonds. The molecule has 0 saturated carbocycles. The molecule has 0 fully saturated rings. The van der Waals surface area contributed by atoms with Gasteiger partial charge in [0.15, 0.2) is 6.04 Å². The molecule has 0 radical (unpaired) electrons. The highest BCUT2D eigenvalue weighted by Gasteiger charge is 2.25. The molecule has 0 unspecified atom stereocenters. The maximum Gasteiger partial charge on any atom is 0.151 e. The first-order valence-electron chi connectivity index (χ1n) is 21.1. The van der Waals surface area contributed by atoms with Gasteiger partial charge >= 0.3 is 0 Å². The fourth-order valence-corrected chi connectivity index (χ4v) is 6.61. The van der Waals surface area contributed by atoms with Crippen LogP contribution in [-0.2, 0) is 0 Å². The van der Waals surface area contributed by atoms with Crippen LogP contribution in [0, 0.1) is 71.7 Å². The minimum absolute atomic E-state index is 0.911. The van der Waals surface area contributed by atoms with Crippen LogP contribution < -0.4 is 0 Å². The molecule has 0 spiro atoms. The Kier molecular flexibility index (Phi) is 37.6. The summed E-state index contributed by atoms with van der Waals surface area (Å²) in [6, 6.07) is 3.71. The highest BCUT2D eigenvalue weighted by molar-refractivity contribution is 5.43. The Balaban J connectivity index is 5.29. The summed E-state index contributed by atoms with van der Waals surface area (Å²) in [5.41, 5.74) is 0. The minimum atomic E-state index is 0.911. The fraction of sp³-hybridized carbons (Fsp3) is 0.750. The van der Waals surface area contributed by atoms with Crippen molar-refractivity contribution >= 4 is 0 Å². The molecule has 0 atom stereocenters. The first kappa shape index (κ1) is 46.3. The highest BCUT2D eigenvalue weighted by Crippen LogP contribution is 2.19. The summed E-state index contributed by atoms with van der Waals surface area (Å²) in [7, 11) is 0. The van der Waals surface area contributed by atoms with Gasteiger partial charge in [0.1, 0.15) is 0 Å². The molecule has 1 nitrogen and oxygen atoms in total. The van der Waals surface area contributed by atoms with Gasteiger partial charge in [-0.15, -0.1) is 6.42 Å². The molecular formula is C48H76N+. The summed E-state index contributed by atoms with van der Waals surface area (Å²) in [4.78, 5) is 0. The van der Waals surface area contributed by atoms with Gasteiger partial charge in [-0.05, 0) is 68.1 Å². The molecule has 0 aromatic rings. The Morgan fingerprint density at radius 1 is 0.286 bits per heavy atom. The fourth-order valence-electron chi connectivity index (χ4n) is 6.61. The third-order valence-corrected chi connectivity index (χ3v) is 9.68. The molecular weight excluding hydrogens is 591 g/mol. The molecule has 0 aromatic carbocycles. The van der Waals surface area contributed by atoms with E-state index >= 15 is 0 Å². The van der Waals surface area contributed by atoms with Crippen LogP contribution in [0.15, 0.2) is 0 Å². The number of hydrogen-bond acceptors (Lipinski definition) is 0. The molecule has 1 heteroatoms. The Labute approximate surface area is 308 Å². The molecule has 49 heavy (non-hydrogen) atoms. The lowest BCUT2D eigenvalue weighted by Crippen LogP contribution is -2.46. The molecule has 0 bridgehead atoms. The van der Waals surface area contributed by atoms with E-state index < -0.39 is 0 Å². The molecule has 272 valence electrons. The maximum atomic E-state index is 5.12. The zero-order valence-electron chi connectivity index (χ0n) is 32.9. The van der Waals surface area contributed by atoms with Gasteiger partial charge in [-0.1, -0.05) is 175 Å². The van der Waals surface area contributed by atoms with Crippen molar-refractivity contribution in [1.29, 1.82) is 0 Å². The maximum absolute atomic E-state index is 5.12. The summed E-state index contributed by atoms with van der Waals surface area (Å²) >= 11 is 0. The summed E-state index contributed by atoms with van der Waals surface area (Å²) in [5.74, 6) is 27.3. The smallest absolute Gasteiger partial charge is 0.151 e. The van der Waals surface area contributed by atoms with Gasteiger partial charge in [0.05, 0.1) is 25.6 Å². The largest absolute Gasteiger partial charge is 0.246 e. The lowest BCUT2D eigenvalue weighted by atomic mass is 10.0. The molecule has 0 aliphatic heterocycles. The third-order valence-electron chi connectivity index (χ3n) is 9.68. The van der Waals surface area contributed by atoms with Crippen LogP contribution in [0.2, 0.25) is 0 Å². The molecule has 0 aromatic heterocycles. The predicted molar refractivity (Wildman–Crippen MR) is 218 cm³/mol. The zero-order valence-corrected chi connectivity index (χ0v) is 32.9. The topological polar surface area (TPSA) is 0 Å². The van der Waals surface area contributed by atoms with Gasteiger partial charge < -0.3 is 0 Å². The van der Waals surface area contributed by atoms with E-state index in [2.05, 4.69) is 86.0 Å². The summed E-state index contributed by atoms with van der Waals surface area (Å²) < 4.78 is 0.911. The second kappa shape index (κ2) is 39.8. The van der Waals surface area contributed by atoms with Crippen LogP contribution in [0.3, 0.4) is 0 Å². The van der Waals surface area contributed by atoms with Crippen molar-refractivity contribution in [1.82, 2.24) is 0 Å².